The number of ether oxygens (including phenoxy) is 5. The molecule has 0 saturated carbocycles. The zero-order valence-corrected chi connectivity index (χ0v) is 14.3. The van der Waals surface area contributed by atoms with Crippen LogP contribution >= 0.6 is 0 Å². The Balaban J connectivity index is 3.06. The summed E-state index contributed by atoms with van der Waals surface area (Å²) in [7, 11) is 0. The van der Waals surface area contributed by atoms with Gasteiger partial charge in [-0.2, -0.15) is 0 Å². The maximum absolute atomic E-state index is 11.3. The molecule has 0 saturated heterocycles. The minimum atomic E-state index is -0.154. The van der Waals surface area contributed by atoms with E-state index in [1.807, 2.05) is 0 Å². The molecule has 0 aromatic rings. The first-order valence-electron chi connectivity index (χ1n) is 8.38. The van der Waals surface area contributed by atoms with Gasteiger partial charge in [0.2, 0.25) is 0 Å². The van der Waals surface area contributed by atoms with Crippen molar-refractivity contribution in [3.8, 4) is 0 Å². The summed E-state index contributed by atoms with van der Waals surface area (Å²) in [6.45, 7) is 6.05. The topological polar surface area (TPSA) is 83.5 Å². The summed E-state index contributed by atoms with van der Waals surface area (Å²) < 4.78 is 25.9. The average molecular weight is 336 g/mol. The van der Waals surface area contributed by atoms with Crippen LogP contribution in [0.4, 0.5) is 0 Å². The van der Waals surface area contributed by atoms with Crippen molar-refractivity contribution in [3.05, 3.63) is 0 Å². The van der Waals surface area contributed by atoms with E-state index in [4.69, 9.17) is 28.8 Å². The Morgan fingerprint density at radius 1 is 0.739 bits per heavy atom. The SMILES string of the molecule is CCCCCC(=O)OCCOCCOCCOCCOCCO. The molecule has 0 atom stereocenters. The molecule has 138 valence electrons. The highest BCUT2D eigenvalue weighted by molar-refractivity contribution is 5.69. The highest BCUT2D eigenvalue weighted by atomic mass is 16.6. The third-order valence-corrected chi connectivity index (χ3v) is 2.83. The Hall–Kier alpha value is -0.730. The third kappa shape index (κ3) is 19.2. The minimum Gasteiger partial charge on any atom is -0.463 e. The number of carbonyl (C=O) groups is 1. The van der Waals surface area contributed by atoms with Gasteiger partial charge in [0.25, 0.3) is 0 Å². The van der Waals surface area contributed by atoms with Gasteiger partial charge in [-0.25, -0.2) is 0 Å². The number of rotatable bonds is 18. The predicted molar refractivity (Wildman–Crippen MR) is 85.5 cm³/mol. The van der Waals surface area contributed by atoms with Gasteiger partial charge in [-0.05, 0) is 6.42 Å². The lowest BCUT2D eigenvalue weighted by Gasteiger charge is -2.07. The van der Waals surface area contributed by atoms with E-state index in [-0.39, 0.29) is 12.6 Å². The van der Waals surface area contributed by atoms with Crippen molar-refractivity contribution in [2.75, 3.05) is 66.1 Å². The van der Waals surface area contributed by atoms with Gasteiger partial charge >= 0.3 is 5.97 Å². The number of aliphatic hydroxyl groups is 1. The molecule has 0 aliphatic rings. The Bertz CT molecular complexity index is 249. The van der Waals surface area contributed by atoms with Crippen molar-refractivity contribution in [1.82, 2.24) is 0 Å². The summed E-state index contributed by atoms with van der Waals surface area (Å²) in [5, 5.41) is 8.49. The van der Waals surface area contributed by atoms with E-state index in [0.29, 0.717) is 65.9 Å². The molecular weight excluding hydrogens is 304 g/mol. The van der Waals surface area contributed by atoms with Crippen LogP contribution in [-0.4, -0.2) is 77.1 Å². The lowest BCUT2D eigenvalue weighted by atomic mass is 10.2. The molecule has 0 heterocycles. The van der Waals surface area contributed by atoms with Gasteiger partial charge < -0.3 is 28.8 Å². The summed E-state index contributed by atoms with van der Waals surface area (Å²) in [6.07, 6.45) is 3.53. The zero-order valence-electron chi connectivity index (χ0n) is 14.3. The molecule has 0 aromatic heterocycles. The van der Waals surface area contributed by atoms with E-state index in [1.165, 1.54) is 0 Å². The summed E-state index contributed by atoms with van der Waals surface area (Å²) in [6, 6.07) is 0. The average Bonchev–Trinajstić information content (AvgIpc) is 2.55. The van der Waals surface area contributed by atoms with Crippen LogP contribution in [0.5, 0.6) is 0 Å². The Kier molecular flexibility index (Phi) is 18.7. The summed E-state index contributed by atoms with van der Waals surface area (Å²) in [5.41, 5.74) is 0. The number of unbranched alkanes of at least 4 members (excludes halogenated alkanes) is 2. The number of esters is 1. The highest BCUT2D eigenvalue weighted by Gasteiger charge is 2.01. The van der Waals surface area contributed by atoms with E-state index in [2.05, 4.69) is 6.92 Å². The van der Waals surface area contributed by atoms with Crippen molar-refractivity contribution in [2.45, 2.75) is 32.6 Å². The first kappa shape index (κ1) is 22.3. The Labute approximate surface area is 139 Å². The molecule has 0 aromatic carbocycles. The lowest BCUT2D eigenvalue weighted by Crippen LogP contribution is -2.14. The molecule has 0 fully saturated rings. The molecule has 7 heteroatoms. The maximum atomic E-state index is 11.3. The summed E-state index contributed by atoms with van der Waals surface area (Å²) in [4.78, 5) is 11.3. The summed E-state index contributed by atoms with van der Waals surface area (Å²) >= 11 is 0. The molecule has 0 aliphatic carbocycles. The standard InChI is InChI=1S/C16H32O7/c1-2-3-4-5-16(18)23-15-14-22-13-12-21-11-10-20-9-8-19-7-6-17/h17H,2-15H2,1H3. The van der Waals surface area contributed by atoms with E-state index in [1.54, 1.807) is 0 Å². The lowest BCUT2D eigenvalue weighted by molar-refractivity contribution is -0.145. The molecule has 0 unspecified atom stereocenters. The first-order chi connectivity index (χ1) is 11.3. The molecule has 0 aliphatic heterocycles. The molecule has 0 amide bonds. The maximum Gasteiger partial charge on any atom is 0.305 e. The molecule has 23 heavy (non-hydrogen) atoms. The zero-order chi connectivity index (χ0) is 17.0. The van der Waals surface area contributed by atoms with Crippen LogP contribution in [0.2, 0.25) is 0 Å². The molecule has 0 rings (SSSR count). The van der Waals surface area contributed by atoms with E-state index < -0.39 is 0 Å². The monoisotopic (exact) mass is 336 g/mol. The van der Waals surface area contributed by atoms with Crippen LogP contribution < -0.4 is 0 Å². The van der Waals surface area contributed by atoms with Crippen molar-refractivity contribution in [2.24, 2.45) is 0 Å². The van der Waals surface area contributed by atoms with Crippen molar-refractivity contribution in [3.63, 3.8) is 0 Å². The molecule has 0 radical (unpaired) electrons. The fraction of sp³-hybridized carbons (Fsp3) is 0.938. The van der Waals surface area contributed by atoms with Gasteiger partial charge in [0.05, 0.1) is 59.5 Å². The second kappa shape index (κ2) is 19.3. The number of carbonyl (C=O) groups excluding carboxylic acids is 1. The molecule has 0 bridgehead atoms. The smallest absolute Gasteiger partial charge is 0.305 e. The van der Waals surface area contributed by atoms with Crippen molar-refractivity contribution >= 4 is 5.97 Å². The Morgan fingerprint density at radius 3 is 1.70 bits per heavy atom. The second-order valence-corrected chi connectivity index (χ2v) is 4.85. The summed E-state index contributed by atoms with van der Waals surface area (Å²) in [5.74, 6) is -0.154. The normalized spacial score (nSPS) is 10.9. The number of hydrogen-bond donors (Lipinski definition) is 1. The van der Waals surface area contributed by atoms with Gasteiger partial charge in [0.1, 0.15) is 6.61 Å². The second-order valence-electron chi connectivity index (χ2n) is 4.85. The van der Waals surface area contributed by atoms with Gasteiger partial charge in [-0.3, -0.25) is 4.79 Å². The Morgan fingerprint density at radius 2 is 1.22 bits per heavy atom. The first-order valence-corrected chi connectivity index (χ1v) is 8.38. The fourth-order valence-corrected chi connectivity index (χ4v) is 1.63. The van der Waals surface area contributed by atoms with Gasteiger partial charge in [0.15, 0.2) is 0 Å². The van der Waals surface area contributed by atoms with E-state index in [0.717, 1.165) is 19.3 Å². The quantitative estimate of drug-likeness (QED) is 0.297. The minimum absolute atomic E-state index is 0.0289. The van der Waals surface area contributed by atoms with Crippen LogP contribution in [0.1, 0.15) is 32.6 Å². The highest BCUT2D eigenvalue weighted by Crippen LogP contribution is 2.00. The van der Waals surface area contributed by atoms with Crippen LogP contribution in [0.3, 0.4) is 0 Å². The molecule has 7 nitrogen and oxygen atoms in total. The number of aliphatic hydroxyl groups excluding tert-OH is 1. The van der Waals surface area contributed by atoms with Crippen LogP contribution in [0.15, 0.2) is 0 Å². The van der Waals surface area contributed by atoms with Crippen molar-refractivity contribution < 1.29 is 33.6 Å². The largest absolute Gasteiger partial charge is 0.463 e. The van der Waals surface area contributed by atoms with Crippen LogP contribution in [0.25, 0.3) is 0 Å². The van der Waals surface area contributed by atoms with E-state index in [9.17, 15) is 4.79 Å². The molecule has 0 spiro atoms. The third-order valence-electron chi connectivity index (χ3n) is 2.83. The van der Waals surface area contributed by atoms with E-state index >= 15 is 0 Å². The van der Waals surface area contributed by atoms with Gasteiger partial charge in [0, 0.05) is 6.42 Å². The fourth-order valence-electron chi connectivity index (χ4n) is 1.63. The van der Waals surface area contributed by atoms with Gasteiger partial charge in [-0.1, -0.05) is 19.8 Å². The van der Waals surface area contributed by atoms with Gasteiger partial charge in [-0.15, -0.1) is 0 Å². The predicted octanol–water partition coefficient (Wildman–Crippen LogP) is 1.17. The van der Waals surface area contributed by atoms with Crippen LogP contribution in [0, 0.1) is 0 Å². The number of hydrogen-bond acceptors (Lipinski definition) is 7. The van der Waals surface area contributed by atoms with Crippen LogP contribution in [-0.2, 0) is 28.5 Å². The molecule has 1 N–H and O–H groups in total. The van der Waals surface area contributed by atoms with Crippen molar-refractivity contribution in [1.29, 1.82) is 0 Å². The molecular formula is C16H32O7.